The smallest absolute Gasteiger partial charge is 0.328 e. The fraction of sp³-hybridized carbons (Fsp3) is 0.467. The summed E-state index contributed by atoms with van der Waals surface area (Å²) in [4.78, 5) is 28.5. The van der Waals surface area contributed by atoms with Crippen molar-refractivity contribution in [2.24, 2.45) is 0 Å². The molecule has 1 aromatic heterocycles. The fourth-order valence-electron chi connectivity index (χ4n) is 2.34. The van der Waals surface area contributed by atoms with Crippen LogP contribution in [-0.2, 0) is 16.1 Å². The molecule has 0 atom stereocenters. The predicted molar refractivity (Wildman–Crippen MR) is 83.1 cm³/mol. The second kappa shape index (κ2) is 7.38. The van der Waals surface area contributed by atoms with Crippen LogP contribution in [0.5, 0.6) is 0 Å². The molecule has 1 aromatic rings. The van der Waals surface area contributed by atoms with Crippen LogP contribution in [-0.4, -0.2) is 53.5 Å². The van der Waals surface area contributed by atoms with Crippen LogP contribution >= 0.6 is 11.3 Å². The Hall–Kier alpha value is -1.66. The van der Waals surface area contributed by atoms with Crippen molar-refractivity contribution in [1.29, 1.82) is 0 Å². The summed E-state index contributed by atoms with van der Waals surface area (Å²) in [5, 5.41) is 8.60. The quantitative estimate of drug-likeness (QED) is 0.815. The molecule has 1 N–H and O–H groups in total. The highest BCUT2D eigenvalue weighted by Crippen LogP contribution is 2.19. The second-order valence-corrected chi connectivity index (χ2v) is 6.44. The SMILES string of the molecule is CN(CC(=O)N1CCCC1)Cc1ccc(C=CC(=O)O)s1. The lowest BCUT2D eigenvalue weighted by Gasteiger charge is -2.20. The molecule has 1 saturated heterocycles. The molecule has 114 valence electrons. The molecule has 1 aliphatic rings. The summed E-state index contributed by atoms with van der Waals surface area (Å²) in [5.41, 5.74) is 0. The highest BCUT2D eigenvalue weighted by molar-refractivity contribution is 7.12. The molecule has 0 bridgehead atoms. The first kappa shape index (κ1) is 15.7. The largest absolute Gasteiger partial charge is 0.478 e. The Morgan fingerprint density at radius 1 is 1.38 bits per heavy atom. The van der Waals surface area contributed by atoms with Crippen LogP contribution < -0.4 is 0 Å². The minimum absolute atomic E-state index is 0.192. The van der Waals surface area contributed by atoms with Crippen molar-refractivity contribution in [3.05, 3.63) is 28.0 Å². The van der Waals surface area contributed by atoms with Crippen molar-refractivity contribution < 1.29 is 14.7 Å². The lowest BCUT2D eigenvalue weighted by Crippen LogP contribution is -2.36. The first-order valence-electron chi connectivity index (χ1n) is 7.00. The topological polar surface area (TPSA) is 60.9 Å². The Labute approximate surface area is 128 Å². The molecule has 1 aliphatic heterocycles. The van der Waals surface area contributed by atoms with Gasteiger partial charge in [0.15, 0.2) is 0 Å². The second-order valence-electron chi connectivity index (χ2n) is 5.24. The summed E-state index contributed by atoms with van der Waals surface area (Å²) in [6.07, 6.45) is 4.95. The van der Waals surface area contributed by atoms with Crippen molar-refractivity contribution in [3.8, 4) is 0 Å². The maximum Gasteiger partial charge on any atom is 0.328 e. The Balaban J connectivity index is 1.83. The molecule has 6 heteroatoms. The minimum Gasteiger partial charge on any atom is -0.478 e. The van der Waals surface area contributed by atoms with E-state index in [-0.39, 0.29) is 5.91 Å². The Kier molecular flexibility index (Phi) is 5.52. The first-order chi connectivity index (χ1) is 10.0. The van der Waals surface area contributed by atoms with Crippen molar-refractivity contribution in [2.75, 3.05) is 26.7 Å². The number of hydrogen-bond donors (Lipinski definition) is 1. The molecular formula is C15H20N2O3S. The summed E-state index contributed by atoms with van der Waals surface area (Å²) < 4.78 is 0. The van der Waals surface area contributed by atoms with E-state index in [9.17, 15) is 9.59 Å². The maximum atomic E-state index is 12.0. The third-order valence-electron chi connectivity index (χ3n) is 3.36. The molecule has 1 amide bonds. The number of aliphatic carboxylic acids is 1. The third kappa shape index (κ3) is 4.99. The molecule has 1 fully saturated rings. The molecule has 2 heterocycles. The molecule has 0 saturated carbocycles. The summed E-state index contributed by atoms with van der Waals surface area (Å²) in [6.45, 7) is 2.90. The Morgan fingerprint density at radius 3 is 2.76 bits per heavy atom. The zero-order valence-electron chi connectivity index (χ0n) is 12.1. The number of carbonyl (C=O) groups is 2. The van der Waals surface area contributed by atoms with Crippen LogP contribution in [0, 0.1) is 0 Å². The number of nitrogens with zero attached hydrogens (tertiary/aromatic N) is 2. The lowest BCUT2D eigenvalue weighted by molar-refractivity contribution is -0.132. The van der Waals surface area contributed by atoms with E-state index in [2.05, 4.69) is 0 Å². The number of carboxylic acids is 1. The molecule has 0 aromatic carbocycles. The number of likely N-dealkylation sites (N-methyl/N-ethyl adjacent to an activating group) is 1. The number of hydrogen-bond acceptors (Lipinski definition) is 4. The van der Waals surface area contributed by atoms with Gasteiger partial charge in [0.25, 0.3) is 0 Å². The van der Waals surface area contributed by atoms with Gasteiger partial charge in [-0.05, 0) is 38.1 Å². The van der Waals surface area contributed by atoms with Crippen LogP contribution in [0.15, 0.2) is 18.2 Å². The van der Waals surface area contributed by atoms with Gasteiger partial charge in [-0.3, -0.25) is 9.69 Å². The molecular weight excluding hydrogens is 288 g/mol. The van der Waals surface area contributed by atoms with Crippen LogP contribution in [0.1, 0.15) is 22.6 Å². The van der Waals surface area contributed by atoms with Crippen molar-refractivity contribution in [2.45, 2.75) is 19.4 Å². The van der Waals surface area contributed by atoms with E-state index in [0.29, 0.717) is 13.1 Å². The van der Waals surface area contributed by atoms with Crippen molar-refractivity contribution in [1.82, 2.24) is 9.80 Å². The van der Waals surface area contributed by atoms with Gasteiger partial charge in [-0.1, -0.05) is 0 Å². The van der Waals surface area contributed by atoms with Gasteiger partial charge in [0, 0.05) is 35.5 Å². The normalized spacial score (nSPS) is 15.2. The van der Waals surface area contributed by atoms with Crippen LogP contribution in [0.3, 0.4) is 0 Å². The zero-order chi connectivity index (χ0) is 15.2. The van der Waals surface area contributed by atoms with Gasteiger partial charge < -0.3 is 10.0 Å². The van der Waals surface area contributed by atoms with Crippen molar-refractivity contribution in [3.63, 3.8) is 0 Å². The van der Waals surface area contributed by atoms with E-state index in [1.165, 1.54) is 0 Å². The third-order valence-corrected chi connectivity index (χ3v) is 4.40. The molecule has 0 unspecified atom stereocenters. The van der Waals surface area contributed by atoms with E-state index >= 15 is 0 Å². The van der Waals surface area contributed by atoms with E-state index in [1.54, 1.807) is 17.4 Å². The average molecular weight is 308 g/mol. The van der Waals surface area contributed by atoms with Crippen LogP contribution in [0.4, 0.5) is 0 Å². The Morgan fingerprint density at radius 2 is 2.10 bits per heavy atom. The number of thiophene rings is 1. The summed E-state index contributed by atoms with van der Waals surface area (Å²) in [6, 6.07) is 3.87. The predicted octanol–water partition coefficient (Wildman–Crippen LogP) is 1.90. The monoisotopic (exact) mass is 308 g/mol. The maximum absolute atomic E-state index is 12.0. The summed E-state index contributed by atoms with van der Waals surface area (Å²) >= 11 is 1.55. The van der Waals surface area contributed by atoms with Gasteiger partial charge in [0.05, 0.1) is 6.54 Å². The van der Waals surface area contributed by atoms with Gasteiger partial charge in [-0.2, -0.15) is 0 Å². The number of likely N-dealkylation sites (tertiary alicyclic amines) is 1. The molecule has 0 spiro atoms. The average Bonchev–Trinajstić information content (AvgIpc) is 3.07. The van der Waals surface area contributed by atoms with Crippen molar-refractivity contribution >= 4 is 29.3 Å². The molecule has 21 heavy (non-hydrogen) atoms. The first-order valence-corrected chi connectivity index (χ1v) is 7.82. The van der Waals surface area contributed by atoms with Gasteiger partial charge >= 0.3 is 5.97 Å². The lowest BCUT2D eigenvalue weighted by atomic mass is 10.3. The van der Waals surface area contributed by atoms with E-state index in [1.807, 2.05) is 29.0 Å². The van der Waals surface area contributed by atoms with Crippen LogP contribution in [0.2, 0.25) is 0 Å². The van der Waals surface area contributed by atoms with Gasteiger partial charge in [0.2, 0.25) is 5.91 Å². The number of carbonyl (C=O) groups excluding carboxylic acids is 1. The van der Waals surface area contributed by atoms with Crippen LogP contribution in [0.25, 0.3) is 6.08 Å². The molecule has 0 radical (unpaired) electrons. The standard InChI is InChI=1S/C15H20N2O3S/c1-16(11-14(18)17-8-2-3-9-17)10-13-5-4-12(21-13)6-7-15(19)20/h4-7H,2-3,8-11H2,1H3,(H,19,20). The van der Waals surface area contributed by atoms with Gasteiger partial charge in [-0.15, -0.1) is 11.3 Å². The Bertz CT molecular complexity index is 533. The highest BCUT2D eigenvalue weighted by Gasteiger charge is 2.19. The highest BCUT2D eigenvalue weighted by atomic mass is 32.1. The van der Waals surface area contributed by atoms with E-state index in [0.717, 1.165) is 41.8 Å². The number of amides is 1. The fourth-order valence-corrected chi connectivity index (χ4v) is 3.34. The van der Waals surface area contributed by atoms with E-state index < -0.39 is 5.97 Å². The molecule has 2 rings (SSSR count). The number of carboxylic acid groups (broad SMARTS) is 1. The number of rotatable bonds is 6. The minimum atomic E-state index is -0.946. The van der Waals surface area contributed by atoms with Gasteiger partial charge in [-0.25, -0.2) is 4.79 Å². The van der Waals surface area contributed by atoms with E-state index in [4.69, 9.17) is 5.11 Å². The molecule has 0 aliphatic carbocycles. The summed E-state index contributed by atoms with van der Waals surface area (Å²) in [5.74, 6) is -0.754. The molecule has 5 nitrogen and oxygen atoms in total. The summed E-state index contributed by atoms with van der Waals surface area (Å²) in [7, 11) is 1.93. The zero-order valence-corrected chi connectivity index (χ0v) is 12.9. The van der Waals surface area contributed by atoms with Gasteiger partial charge in [0.1, 0.15) is 0 Å².